The summed E-state index contributed by atoms with van der Waals surface area (Å²) in [6.45, 7) is 8.87. The molecule has 1 saturated heterocycles. The Hall–Kier alpha value is -1.86. The number of nitrogens with zero attached hydrogens (tertiary/aromatic N) is 2. The Morgan fingerprint density at radius 3 is 2.68 bits per heavy atom. The summed E-state index contributed by atoms with van der Waals surface area (Å²) in [5.41, 5.74) is -0.558. The molecule has 2 heterocycles. The average Bonchev–Trinajstić information content (AvgIpc) is 2.76. The van der Waals surface area contributed by atoms with Crippen molar-refractivity contribution in [2.75, 3.05) is 13.7 Å². The molecule has 1 N–H and O–H groups in total. The molecule has 7 nitrogen and oxygen atoms in total. The van der Waals surface area contributed by atoms with E-state index in [0.717, 1.165) is 5.56 Å². The second kappa shape index (κ2) is 7.17. The van der Waals surface area contributed by atoms with E-state index in [1.165, 1.54) is 0 Å². The largest absolute Gasteiger partial charge is 0.481 e. The molecule has 2 rings (SSSR count). The molecule has 1 aromatic rings. The lowest BCUT2D eigenvalue weighted by Crippen LogP contribution is -2.51. The van der Waals surface area contributed by atoms with Gasteiger partial charge < -0.3 is 19.3 Å². The number of carbonyl (C=O) groups excluding carboxylic acids is 1. The van der Waals surface area contributed by atoms with Gasteiger partial charge in [-0.3, -0.25) is 4.90 Å². The second-order valence-electron chi connectivity index (χ2n) is 7.61. The van der Waals surface area contributed by atoms with E-state index in [1.54, 1.807) is 32.1 Å². The van der Waals surface area contributed by atoms with E-state index < -0.39 is 23.5 Å². The summed E-state index contributed by atoms with van der Waals surface area (Å²) >= 11 is 0. The van der Waals surface area contributed by atoms with E-state index >= 15 is 0 Å². The third kappa shape index (κ3) is 4.61. The molecular weight excluding hydrogens is 324 g/mol. The molecule has 0 radical (unpaired) electrons. The highest BCUT2D eigenvalue weighted by atomic mass is 16.6. The Labute approximate surface area is 148 Å². The molecule has 0 spiro atoms. The minimum absolute atomic E-state index is 0.185. The number of ether oxygens (including phenoxy) is 3. The Kier molecular flexibility index (Phi) is 5.58. The minimum Gasteiger partial charge on any atom is -0.481 e. The van der Waals surface area contributed by atoms with Crippen molar-refractivity contribution < 1.29 is 24.1 Å². The summed E-state index contributed by atoms with van der Waals surface area (Å²) in [5, 5.41) is 9.74. The van der Waals surface area contributed by atoms with Crippen LogP contribution in [-0.2, 0) is 15.9 Å². The molecule has 1 amide bonds. The van der Waals surface area contributed by atoms with Crippen LogP contribution < -0.4 is 4.74 Å². The summed E-state index contributed by atoms with van der Waals surface area (Å²) in [5.74, 6) is 0.500. The number of methoxy groups -OCH3 is 1. The van der Waals surface area contributed by atoms with Crippen molar-refractivity contribution in [3.05, 3.63) is 23.9 Å². The standard InChI is InChI=1S/C18H28N2O5/c1-17(2,3)25-16(22)20-13(14(11-21)24-18(20,4)5)9-12-7-8-19-15(10-12)23-6/h7-8,10,13-14,21H,9,11H2,1-6H3. The van der Waals surface area contributed by atoms with Crippen molar-refractivity contribution in [2.45, 2.75) is 64.5 Å². The van der Waals surface area contributed by atoms with E-state index in [1.807, 2.05) is 32.9 Å². The summed E-state index contributed by atoms with van der Waals surface area (Å²) in [4.78, 5) is 18.4. The number of amides is 1. The van der Waals surface area contributed by atoms with Crippen molar-refractivity contribution in [3.8, 4) is 5.88 Å². The molecule has 0 saturated carbocycles. The zero-order valence-corrected chi connectivity index (χ0v) is 15.8. The van der Waals surface area contributed by atoms with Gasteiger partial charge in [0, 0.05) is 12.3 Å². The highest BCUT2D eigenvalue weighted by Gasteiger charge is 2.50. The fraction of sp³-hybridized carbons (Fsp3) is 0.667. The molecule has 0 aliphatic carbocycles. The molecule has 2 unspecified atom stereocenters. The molecule has 2 atom stereocenters. The Balaban J connectivity index is 2.30. The molecule has 0 aromatic carbocycles. The number of aliphatic hydroxyl groups is 1. The zero-order chi connectivity index (χ0) is 18.8. The number of hydrogen-bond donors (Lipinski definition) is 1. The Bertz CT molecular complexity index is 612. The molecule has 1 fully saturated rings. The van der Waals surface area contributed by atoms with Crippen LogP contribution in [0.4, 0.5) is 4.79 Å². The van der Waals surface area contributed by atoms with Gasteiger partial charge in [-0.2, -0.15) is 0 Å². The van der Waals surface area contributed by atoms with Gasteiger partial charge in [0.05, 0.1) is 19.8 Å². The maximum Gasteiger partial charge on any atom is 0.412 e. The first-order chi connectivity index (χ1) is 11.6. The van der Waals surface area contributed by atoms with Crippen molar-refractivity contribution in [2.24, 2.45) is 0 Å². The average molecular weight is 352 g/mol. The minimum atomic E-state index is -0.877. The van der Waals surface area contributed by atoms with Crippen LogP contribution >= 0.6 is 0 Å². The van der Waals surface area contributed by atoms with Crippen molar-refractivity contribution >= 4 is 6.09 Å². The fourth-order valence-electron chi connectivity index (χ4n) is 3.05. The third-order valence-corrected chi connectivity index (χ3v) is 4.00. The molecule has 0 bridgehead atoms. The first kappa shape index (κ1) is 19.5. The van der Waals surface area contributed by atoms with Crippen LogP contribution in [0.15, 0.2) is 18.3 Å². The van der Waals surface area contributed by atoms with Crippen molar-refractivity contribution in [1.82, 2.24) is 9.88 Å². The maximum absolute atomic E-state index is 12.8. The highest BCUT2D eigenvalue weighted by molar-refractivity contribution is 5.70. The van der Waals surface area contributed by atoms with Gasteiger partial charge in [0.15, 0.2) is 0 Å². The van der Waals surface area contributed by atoms with E-state index in [-0.39, 0.29) is 12.6 Å². The van der Waals surface area contributed by atoms with Gasteiger partial charge in [-0.05, 0) is 52.7 Å². The van der Waals surface area contributed by atoms with Gasteiger partial charge >= 0.3 is 6.09 Å². The summed E-state index contributed by atoms with van der Waals surface area (Å²) in [6, 6.07) is 3.31. The first-order valence-corrected chi connectivity index (χ1v) is 8.37. The lowest BCUT2D eigenvalue weighted by atomic mass is 10.0. The Morgan fingerprint density at radius 1 is 1.44 bits per heavy atom. The first-order valence-electron chi connectivity index (χ1n) is 8.37. The van der Waals surface area contributed by atoms with Crippen LogP contribution in [0.2, 0.25) is 0 Å². The molecule has 1 aliphatic rings. The predicted molar refractivity (Wildman–Crippen MR) is 92.4 cm³/mol. The van der Waals surface area contributed by atoms with Gasteiger partial charge in [0.25, 0.3) is 0 Å². The van der Waals surface area contributed by atoms with Crippen molar-refractivity contribution in [3.63, 3.8) is 0 Å². The van der Waals surface area contributed by atoms with Gasteiger partial charge in [0.1, 0.15) is 17.4 Å². The van der Waals surface area contributed by atoms with Gasteiger partial charge in [0.2, 0.25) is 5.88 Å². The van der Waals surface area contributed by atoms with Gasteiger partial charge in [-0.25, -0.2) is 9.78 Å². The maximum atomic E-state index is 12.8. The molecule has 1 aliphatic heterocycles. The van der Waals surface area contributed by atoms with Crippen LogP contribution in [0.3, 0.4) is 0 Å². The highest BCUT2D eigenvalue weighted by Crippen LogP contribution is 2.35. The number of carbonyl (C=O) groups is 1. The van der Waals surface area contributed by atoms with Crippen LogP contribution in [0.1, 0.15) is 40.2 Å². The van der Waals surface area contributed by atoms with E-state index in [0.29, 0.717) is 12.3 Å². The van der Waals surface area contributed by atoms with Gasteiger partial charge in [-0.1, -0.05) is 0 Å². The number of hydrogen-bond acceptors (Lipinski definition) is 6. The number of aliphatic hydroxyl groups excluding tert-OH is 1. The molecule has 25 heavy (non-hydrogen) atoms. The molecular formula is C18H28N2O5. The summed E-state index contributed by atoms with van der Waals surface area (Å²) in [7, 11) is 1.55. The molecule has 1 aromatic heterocycles. The van der Waals surface area contributed by atoms with E-state index in [4.69, 9.17) is 14.2 Å². The monoisotopic (exact) mass is 352 g/mol. The lowest BCUT2D eigenvalue weighted by Gasteiger charge is -2.35. The number of aromatic nitrogens is 1. The SMILES string of the molecule is COc1cc(CC2C(CO)OC(C)(C)N2C(=O)OC(C)(C)C)ccn1. The molecule has 7 heteroatoms. The fourth-order valence-corrected chi connectivity index (χ4v) is 3.05. The molecule has 140 valence electrons. The number of pyridine rings is 1. The Morgan fingerprint density at radius 2 is 2.12 bits per heavy atom. The van der Waals surface area contributed by atoms with Crippen LogP contribution in [0, 0.1) is 0 Å². The van der Waals surface area contributed by atoms with Crippen LogP contribution in [0.25, 0.3) is 0 Å². The van der Waals surface area contributed by atoms with Crippen LogP contribution in [-0.4, -0.2) is 58.3 Å². The van der Waals surface area contributed by atoms with Crippen LogP contribution in [0.5, 0.6) is 5.88 Å². The quantitative estimate of drug-likeness (QED) is 0.896. The predicted octanol–water partition coefficient (Wildman–Crippen LogP) is 2.37. The zero-order valence-electron chi connectivity index (χ0n) is 15.8. The normalized spacial score (nSPS) is 22.8. The van der Waals surface area contributed by atoms with Crippen molar-refractivity contribution in [1.29, 1.82) is 0 Å². The number of rotatable bonds is 4. The van der Waals surface area contributed by atoms with E-state index in [9.17, 15) is 9.90 Å². The third-order valence-electron chi connectivity index (χ3n) is 4.00. The topological polar surface area (TPSA) is 81.1 Å². The van der Waals surface area contributed by atoms with Gasteiger partial charge in [-0.15, -0.1) is 0 Å². The second-order valence-corrected chi connectivity index (χ2v) is 7.61. The summed E-state index contributed by atoms with van der Waals surface area (Å²) in [6.07, 6.45) is 1.19. The summed E-state index contributed by atoms with van der Waals surface area (Å²) < 4.78 is 16.6. The smallest absolute Gasteiger partial charge is 0.412 e. The lowest BCUT2D eigenvalue weighted by molar-refractivity contribution is -0.0866. The van der Waals surface area contributed by atoms with E-state index in [2.05, 4.69) is 4.98 Å².